The van der Waals surface area contributed by atoms with Crippen molar-refractivity contribution in [2.75, 3.05) is 47.4 Å². The number of benzene rings is 1. The molecule has 1 aromatic carbocycles. The van der Waals surface area contributed by atoms with Crippen molar-refractivity contribution in [3.8, 4) is 0 Å². The van der Waals surface area contributed by atoms with Gasteiger partial charge in [-0.1, -0.05) is 51.1 Å². The topological polar surface area (TPSA) is 204 Å². The highest BCUT2D eigenvalue weighted by Crippen LogP contribution is 2.40. The second kappa shape index (κ2) is 25.3. The maximum absolute atomic E-state index is 14.6. The van der Waals surface area contributed by atoms with Crippen molar-refractivity contribution in [3.63, 3.8) is 0 Å². The van der Waals surface area contributed by atoms with Gasteiger partial charge in [-0.15, -0.1) is 0 Å². The van der Waals surface area contributed by atoms with Crippen LogP contribution in [-0.4, -0.2) is 184 Å². The summed E-state index contributed by atoms with van der Waals surface area (Å²) < 4.78 is 38.2. The van der Waals surface area contributed by atoms with Crippen LogP contribution in [0.3, 0.4) is 0 Å². The number of esters is 1. The number of hydrogen-bond acceptors (Lipinski definition) is 15. The van der Waals surface area contributed by atoms with Crippen molar-refractivity contribution in [2.45, 2.75) is 204 Å². The first-order chi connectivity index (χ1) is 31.4. The molecule has 3 aliphatic rings. The molecule has 0 radical (unpaired) electrons. The Balaban J connectivity index is 1.68. The number of nitrogens with one attached hydrogen (secondary N) is 2. The van der Waals surface area contributed by atoms with E-state index in [2.05, 4.69) is 27.7 Å². The minimum Gasteiger partial charge on any atom is -0.459 e. The highest BCUT2D eigenvalue weighted by atomic mass is 32.1. The lowest BCUT2D eigenvalue weighted by Gasteiger charge is -2.48. The zero-order valence-corrected chi connectivity index (χ0v) is 43.5. The number of rotatable bonds is 15. The molecule has 0 amide bonds. The summed E-state index contributed by atoms with van der Waals surface area (Å²) in [5, 5.41) is 67.1. The largest absolute Gasteiger partial charge is 0.459 e. The van der Waals surface area contributed by atoms with Crippen LogP contribution in [0.1, 0.15) is 113 Å². The molecule has 18 atom stereocenters. The van der Waals surface area contributed by atoms with Crippen LogP contribution in [-0.2, 0) is 39.6 Å². The van der Waals surface area contributed by atoms with Crippen LogP contribution in [0.25, 0.3) is 0 Å². The number of hydrogen-bond donors (Lipinski definition) is 7. The predicted molar refractivity (Wildman–Crippen MR) is 261 cm³/mol. The molecule has 4 rings (SSSR count). The lowest BCUT2D eigenvalue weighted by molar-refractivity contribution is -0.318. The van der Waals surface area contributed by atoms with E-state index in [0.29, 0.717) is 37.6 Å². The van der Waals surface area contributed by atoms with Crippen molar-refractivity contribution in [1.82, 2.24) is 20.4 Å². The third kappa shape index (κ3) is 15.2. The summed E-state index contributed by atoms with van der Waals surface area (Å²) in [5.74, 6) is -2.75. The number of likely N-dealkylation sites (N-methyl/N-ethyl adjacent to an activating group) is 1. The van der Waals surface area contributed by atoms with Crippen molar-refractivity contribution < 1.29 is 58.7 Å². The minimum atomic E-state index is -1.87. The molecule has 0 aromatic heterocycles. The summed E-state index contributed by atoms with van der Waals surface area (Å²) in [7, 11) is 5.29. The molecule has 0 saturated carbocycles. The Morgan fingerprint density at radius 3 is 2.18 bits per heavy atom. The summed E-state index contributed by atoms with van der Waals surface area (Å²) in [6, 6.07) is 9.40. The van der Waals surface area contributed by atoms with E-state index < -0.39 is 96.0 Å². The Hall–Kier alpha value is -2.10. The molecule has 1 aromatic rings. The van der Waals surface area contributed by atoms with E-state index >= 15 is 0 Å². The van der Waals surface area contributed by atoms with Crippen molar-refractivity contribution >= 4 is 23.3 Å². The van der Waals surface area contributed by atoms with Crippen LogP contribution in [0.5, 0.6) is 0 Å². The average Bonchev–Trinajstić information content (AvgIpc) is 3.27. The molecule has 7 N–H and O–H groups in total. The van der Waals surface area contributed by atoms with Gasteiger partial charge in [0.05, 0.1) is 41.5 Å². The van der Waals surface area contributed by atoms with Gasteiger partial charge in [-0.3, -0.25) is 9.69 Å². The third-order valence-corrected chi connectivity index (χ3v) is 15.0. The molecule has 17 heteroatoms. The summed E-state index contributed by atoms with van der Waals surface area (Å²) >= 11 is 5.59. The average molecular weight is 969 g/mol. The molecule has 3 heterocycles. The van der Waals surface area contributed by atoms with Gasteiger partial charge in [0.2, 0.25) is 0 Å². The number of nitrogens with zero attached hydrogens (tertiary/aromatic N) is 2. The molecule has 3 saturated heterocycles. The molecule has 386 valence electrons. The molecule has 3 fully saturated rings. The molecule has 16 nitrogen and oxygen atoms in total. The Morgan fingerprint density at radius 2 is 1.57 bits per heavy atom. The number of ether oxygens (including phenoxy) is 6. The van der Waals surface area contributed by atoms with E-state index in [9.17, 15) is 30.3 Å². The van der Waals surface area contributed by atoms with E-state index in [4.69, 9.17) is 40.6 Å². The Labute approximate surface area is 406 Å². The van der Waals surface area contributed by atoms with Crippen molar-refractivity contribution in [3.05, 3.63) is 35.9 Å². The highest BCUT2D eigenvalue weighted by Gasteiger charge is 2.53. The number of methoxy groups -OCH3 is 1. The number of thiocarbonyl (C=S) groups is 1. The third-order valence-electron chi connectivity index (χ3n) is 14.7. The minimum absolute atomic E-state index is 0.115. The first kappa shape index (κ1) is 57.5. The number of cyclic esters (lactones) is 1. The van der Waals surface area contributed by atoms with E-state index in [1.165, 1.54) is 19.6 Å². The van der Waals surface area contributed by atoms with Crippen molar-refractivity contribution in [2.24, 2.45) is 17.8 Å². The van der Waals surface area contributed by atoms with Crippen molar-refractivity contribution in [1.29, 1.82) is 0 Å². The zero-order chi connectivity index (χ0) is 50.0. The van der Waals surface area contributed by atoms with Gasteiger partial charge < -0.3 is 69.5 Å². The second-order valence-electron chi connectivity index (χ2n) is 20.8. The SMILES string of the molecule is CC[C@H]1OC(=O)[C@H](C)[C@@H](O[C@H]2C[C@@](C)(OC)[C@@H](O)[C@H](C)O2)[C@H](C)[C@@H](O[C@@H]2O[C@H](C)C[C@H](N(C)C)[C@H]2O)[C@](C)(O)C[C@@H](C)CN(CCCNC(=S)NCCCc2ccccc2)[C@H](C)[C@@H](O)[C@]1(C)O. The first-order valence-electron chi connectivity index (χ1n) is 24.7. The van der Waals surface area contributed by atoms with Crippen LogP contribution < -0.4 is 10.6 Å². The van der Waals surface area contributed by atoms with Crippen LogP contribution >= 0.6 is 12.2 Å². The van der Waals surface area contributed by atoms with Crippen LogP contribution in [0.4, 0.5) is 0 Å². The van der Waals surface area contributed by atoms with Gasteiger partial charge in [0.15, 0.2) is 17.7 Å². The molecule has 0 unspecified atom stereocenters. The van der Waals surface area contributed by atoms with Gasteiger partial charge in [-0.25, -0.2) is 0 Å². The normalized spacial score (nSPS) is 40.9. The van der Waals surface area contributed by atoms with Crippen LogP contribution in [0.2, 0.25) is 0 Å². The summed E-state index contributed by atoms with van der Waals surface area (Å²) in [5.41, 5.74) is -3.27. The molecule has 0 bridgehead atoms. The monoisotopic (exact) mass is 969 g/mol. The summed E-state index contributed by atoms with van der Waals surface area (Å²) in [6.07, 6.45) is -6.16. The maximum atomic E-state index is 14.6. The van der Waals surface area contributed by atoms with E-state index in [0.717, 1.165) is 19.4 Å². The van der Waals surface area contributed by atoms with E-state index in [-0.39, 0.29) is 37.3 Å². The van der Waals surface area contributed by atoms with Gasteiger partial charge in [-0.2, -0.15) is 0 Å². The van der Waals surface area contributed by atoms with Gasteiger partial charge in [0, 0.05) is 57.7 Å². The van der Waals surface area contributed by atoms with Gasteiger partial charge in [-0.05, 0) is 125 Å². The van der Waals surface area contributed by atoms with E-state index in [1.54, 1.807) is 34.6 Å². The predicted octanol–water partition coefficient (Wildman–Crippen LogP) is 3.76. The molecule has 67 heavy (non-hydrogen) atoms. The summed E-state index contributed by atoms with van der Waals surface area (Å²) in [6.45, 7) is 20.0. The lowest BCUT2D eigenvalue weighted by Crippen LogP contribution is -2.60. The van der Waals surface area contributed by atoms with Gasteiger partial charge in [0.25, 0.3) is 0 Å². The molecule has 0 aliphatic carbocycles. The number of aliphatic hydroxyl groups excluding tert-OH is 3. The fourth-order valence-electron chi connectivity index (χ4n) is 10.6. The standard InChI is InChI=1S/C50H88N4O12S/c1-14-38-50(10,60)42(56)34(6)54(25-19-24-52-47(67)51-23-18-22-36-20-16-15-17-21-36)29-30(2)27-48(8,59)44(66-46-40(55)37(53(11)12)26-31(3)62-46)32(4)41(33(5)45(58)64-38)65-39-28-49(9,61-13)43(57)35(7)63-39/h15-17,20-21,30-35,37-44,46,55-57,59-60H,14,18-19,22-29H2,1-13H3,(H2,51,52,67)/t30-,31-,32+,33-,34-,35+,37+,38-,39+,40-,41+,42-,43+,44-,46+,48-,49-,50-/m1/s1. The fraction of sp³-hybridized carbons (Fsp3) is 0.840. The quantitative estimate of drug-likeness (QED) is 0.0760. The van der Waals surface area contributed by atoms with Crippen LogP contribution in [0.15, 0.2) is 30.3 Å². The molecular formula is C50H88N4O12S. The summed E-state index contributed by atoms with van der Waals surface area (Å²) in [4.78, 5) is 18.6. The Kier molecular flexibility index (Phi) is 21.7. The Bertz CT molecular complexity index is 1660. The van der Waals surface area contributed by atoms with Gasteiger partial charge >= 0.3 is 5.97 Å². The smallest absolute Gasteiger partial charge is 0.311 e. The molecule has 3 aliphatic heterocycles. The van der Waals surface area contributed by atoms with Gasteiger partial charge in [0.1, 0.15) is 30.0 Å². The lowest BCUT2D eigenvalue weighted by atomic mass is 9.77. The maximum Gasteiger partial charge on any atom is 0.311 e. The molecular weight excluding hydrogens is 881 g/mol. The van der Waals surface area contributed by atoms with E-state index in [1.807, 2.05) is 64.9 Å². The first-order valence-corrected chi connectivity index (χ1v) is 25.1. The molecule has 0 spiro atoms. The number of carbonyl (C=O) groups is 1. The Morgan fingerprint density at radius 1 is 0.925 bits per heavy atom. The number of carbonyl (C=O) groups excluding carboxylic acids is 1. The second-order valence-corrected chi connectivity index (χ2v) is 21.3. The highest BCUT2D eigenvalue weighted by molar-refractivity contribution is 7.80. The number of aliphatic hydroxyl groups is 5. The fourth-order valence-corrected chi connectivity index (χ4v) is 10.8. The zero-order valence-electron chi connectivity index (χ0n) is 42.7. The number of aryl methyl sites for hydroxylation is 1. The van der Waals surface area contributed by atoms with Crippen LogP contribution in [0, 0.1) is 17.8 Å².